The van der Waals surface area contributed by atoms with Gasteiger partial charge in [0.25, 0.3) is 0 Å². The van der Waals surface area contributed by atoms with E-state index in [0.717, 1.165) is 12.0 Å². The highest BCUT2D eigenvalue weighted by atomic mass is 35.5. The molecule has 10 heteroatoms. The number of ether oxygens (including phenoxy) is 1. The fraction of sp³-hybridized carbons (Fsp3) is 0.621. The minimum atomic E-state index is -1.96. The Morgan fingerprint density at radius 1 is 1.18 bits per heavy atom. The second-order valence-electron chi connectivity index (χ2n) is 12.0. The topological polar surface area (TPSA) is 138 Å². The number of nitrogens with one attached hydrogen (secondary N) is 1. The summed E-state index contributed by atoms with van der Waals surface area (Å²) >= 11 is 6.53. The number of fused-ring (bicyclic) bond motifs is 4. The molecule has 0 aromatic heterocycles. The van der Waals surface area contributed by atoms with E-state index in [1.165, 1.54) is 6.92 Å². The largest absolute Gasteiger partial charge is 0.480 e. The third kappa shape index (κ3) is 4.04. The van der Waals surface area contributed by atoms with Crippen molar-refractivity contribution in [2.75, 3.05) is 0 Å². The molecule has 0 aromatic rings. The zero-order valence-electron chi connectivity index (χ0n) is 22.8. The van der Waals surface area contributed by atoms with Gasteiger partial charge in [-0.1, -0.05) is 61.0 Å². The molecule has 0 spiro atoms. The molecule has 0 bridgehead atoms. The number of carbonyl (C=O) groups excluding carboxylic acids is 1. The molecule has 9 nitrogen and oxygen atoms in total. The van der Waals surface area contributed by atoms with E-state index in [1.807, 2.05) is 33.8 Å². The first-order chi connectivity index (χ1) is 18.2. The Morgan fingerprint density at radius 3 is 2.49 bits per heavy atom. The van der Waals surface area contributed by atoms with Crippen LogP contribution in [0.2, 0.25) is 0 Å². The van der Waals surface area contributed by atoms with Crippen LogP contribution in [0.25, 0.3) is 0 Å². The first-order valence-corrected chi connectivity index (χ1v) is 13.9. The lowest BCUT2D eigenvalue weighted by atomic mass is 9.49. The number of nitrogens with zero attached hydrogens (tertiary/aromatic N) is 1. The van der Waals surface area contributed by atoms with Crippen LogP contribution in [0, 0.1) is 35.5 Å². The fourth-order valence-electron chi connectivity index (χ4n) is 7.88. The van der Waals surface area contributed by atoms with Crippen molar-refractivity contribution in [2.24, 2.45) is 40.7 Å². The van der Waals surface area contributed by atoms with Crippen molar-refractivity contribution in [3.63, 3.8) is 0 Å². The number of aliphatic carboxylic acids is 1. The van der Waals surface area contributed by atoms with Crippen LogP contribution >= 0.6 is 11.6 Å². The van der Waals surface area contributed by atoms with Gasteiger partial charge in [0.05, 0.1) is 10.6 Å². The lowest BCUT2D eigenvalue weighted by Gasteiger charge is -2.59. The molecule has 5 aliphatic rings. The molecule has 0 radical (unpaired) electrons. The van der Waals surface area contributed by atoms with Gasteiger partial charge in [0.1, 0.15) is 23.5 Å². The van der Waals surface area contributed by atoms with Gasteiger partial charge in [0.15, 0.2) is 0 Å². The molecule has 11 atom stereocenters. The van der Waals surface area contributed by atoms with Gasteiger partial charge in [0, 0.05) is 30.3 Å². The summed E-state index contributed by atoms with van der Waals surface area (Å²) in [7, 11) is 0. The van der Waals surface area contributed by atoms with Gasteiger partial charge in [-0.2, -0.15) is 0 Å². The molecule has 3 unspecified atom stereocenters. The molecule has 1 saturated carbocycles. The molecule has 4 N–H and O–H groups in total. The minimum absolute atomic E-state index is 0.0731. The maximum absolute atomic E-state index is 12.9. The van der Waals surface area contributed by atoms with E-state index >= 15 is 0 Å². The highest BCUT2D eigenvalue weighted by molar-refractivity contribution is 6.47. The number of oxime groups is 1. The maximum atomic E-state index is 12.9. The predicted octanol–water partition coefficient (Wildman–Crippen LogP) is 3.28. The third-order valence-corrected chi connectivity index (χ3v) is 9.90. The average molecular weight is 561 g/mol. The van der Waals surface area contributed by atoms with Crippen LogP contribution in [0.5, 0.6) is 0 Å². The minimum Gasteiger partial charge on any atom is -0.480 e. The van der Waals surface area contributed by atoms with Gasteiger partial charge in [-0.15, -0.1) is 0 Å². The Balaban J connectivity index is 1.77. The molecule has 0 aromatic carbocycles. The highest BCUT2D eigenvalue weighted by Gasteiger charge is 2.71. The van der Waals surface area contributed by atoms with Crippen LogP contribution in [-0.2, 0) is 19.2 Å². The molecular weight excluding hydrogens is 524 g/mol. The Kier molecular flexibility index (Phi) is 6.90. The van der Waals surface area contributed by atoms with Crippen LogP contribution in [0.4, 0.5) is 0 Å². The van der Waals surface area contributed by atoms with Crippen LogP contribution in [0.3, 0.4) is 0 Å². The summed E-state index contributed by atoms with van der Waals surface area (Å²) in [6, 6.07) is -1.36. The van der Waals surface area contributed by atoms with E-state index in [9.17, 15) is 24.9 Å². The van der Waals surface area contributed by atoms with Crippen LogP contribution in [0.1, 0.15) is 47.5 Å². The number of carboxylic acids is 1. The van der Waals surface area contributed by atoms with Crippen molar-refractivity contribution < 1.29 is 34.5 Å². The van der Waals surface area contributed by atoms with E-state index < -0.39 is 59.3 Å². The number of esters is 1. The van der Waals surface area contributed by atoms with E-state index in [0.29, 0.717) is 17.6 Å². The van der Waals surface area contributed by atoms with Crippen LogP contribution in [0.15, 0.2) is 51.7 Å². The number of rotatable bonds is 4. The van der Waals surface area contributed by atoms with Gasteiger partial charge in [-0.3, -0.25) is 14.9 Å². The molecule has 5 rings (SSSR count). The Morgan fingerprint density at radius 2 is 1.87 bits per heavy atom. The van der Waals surface area contributed by atoms with Gasteiger partial charge < -0.3 is 24.9 Å². The smallest absolute Gasteiger partial charge is 0.321 e. The second kappa shape index (κ2) is 9.58. The zero-order chi connectivity index (χ0) is 28.6. The van der Waals surface area contributed by atoms with Crippen molar-refractivity contribution >= 4 is 29.3 Å². The van der Waals surface area contributed by atoms with E-state index in [2.05, 4.69) is 17.1 Å². The summed E-state index contributed by atoms with van der Waals surface area (Å²) in [6.45, 7) is 13.0. The summed E-state index contributed by atoms with van der Waals surface area (Å²) in [6.07, 6.45) is 4.76. The maximum Gasteiger partial charge on any atom is 0.321 e. The standard InChI is InChI=1S/C29H37ClN2O7/c1-12(2)17-8-7-15(5)28(36)18(17)11-14(4)25(38-16(6)33)22(28)21-24(26(34)35)31-27-29(21,37)19-9-13(3)10-20(30)23(19)32-39-27/h9-11,13,15,17-18,21-22,24-25,27,31,36-37H,1,7-8H2,2-6H3,(H,34,35)/t13-,15?,17+,18+,21+,22?,24+,25?,27-,28-,29+/m1/s1. The Bertz CT molecular complexity index is 1240. The van der Waals surface area contributed by atoms with E-state index in [-0.39, 0.29) is 28.5 Å². The quantitative estimate of drug-likeness (QED) is 0.304. The van der Waals surface area contributed by atoms with Crippen LogP contribution in [-0.4, -0.2) is 62.5 Å². The molecule has 2 heterocycles. The van der Waals surface area contributed by atoms with E-state index in [4.69, 9.17) is 21.2 Å². The molecule has 0 amide bonds. The molecule has 3 aliphatic carbocycles. The summed E-state index contributed by atoms with van der Waals surface area (Å²) in [4.78, 5) is 30.9. The number of halogens is 1. The van der Waals surface area contributed by atoms with Gasteiger partial charge >= 0.3 is 11.9 Å². The lowest BCUT2D eigenvalue weighted by Crippen LogP contribution is -2.68. The van der Waals surface area contributed by atoms with Crippen molar-refractivity contribution in [1.29, 1.82) is 0 Å². The van der Waals surface area contributed by atoms with Crippen molar-refractivity contribution in [2.45, 2.75) is 77.0 Å². The SMILES string of the molecule is C=C(C)[C@@H]1CCC(C)[C@]2(O)C([C@H]3[C@@H](C(=O)O)N[C@@H]4ON=C5C(Cl)=C[C@H](C)C=C5[C@@]43O)C(OC(C)=O)C(C)=C[C@@H]12. The lowest BCUT2D eigenvalue weighted by molar-refractivity contribution is -0.212. The second-order valence-corrected chi connectivity index (χ2v) is 12.4. The number of carbonyl (C=O) groups is 2. The number of hydrogen-bond acceptors (Lipinski definition) is 8. The molecular formula is C29H37ClN2O7. The van der Waals surface area contributed by atoms with Crippen molar-refractivity contribution in [3.05, 3.63) is 46.6 Å². The summed E-state index contributed by atoms with van der Waals surface area (Å²) in [5.74, 6) is -4.97. The normalized spacial score (nSPS) is 44.8. The number of aliphatic hydroxyl groups is 2. The summed E-state index contributed by atoms with van der Waals surface area (Å²) < 4.78 is 5.87. The molecule has 2 aliphatic heterocycles. The van der Waals surface area contributed by atoms with Gasteiger partial charge in [-0.25, -0.2) is 0 Å². The number of allylic oxidation sites excluding steroid dienone is 4. The van der Waals surface area contributed by atoms with Crippen LogP contribution < -0.4 is 5.32 Å². The molecule has 1 saturated heterocycles. The van der Waals surface area contributed by atoms with Crippen molar-refractivity contribution in [1.82, 2.24) is 5.32 Å². The number of carboxylic acid groups (broad SMARTS) is 1. The van der Waals surface area contributed by atoms with E-state index in [1.54, 1.807) is 12.2 Å². The Labute approximate surface area is 233 Å². The first kappa shape index (κ1) is 28.1. The predicted molar refractivity (Wildman–Crippen MR) is 144 cm³/mol. The first-order valence-electron chi connectivity index (χ1n) is 13.5. The summed E-state index contributed by atoms with van der Waals surface area (Å²) in [5, 5.41) is 43.4. The average Bonchev–Trinajstić information content (AvgIpc) is 3.14. The summed E-state index contributed by atoms with van der Waals surface area (Å²) in [5.41, 5.74) is -1.34. The third-order valence-electron chi connectivity index (χ3n) is 9.60. The Hall–Kier alpha value is -2.46. The molecule has 39 heavy (non-hydrogen) atoms. The van der Waals surface area contributed by atoms with Gasteiger partial charge in [-0.05, 0) is 50.0 Å². The fourth-order valence-corrected chi connectivity index (χ4v) is 8.21. The monoisotopic (exact) mass is 560 g/mol. The highest BCUT2D eigenvalue weighted by Crippen LogP contribution is 2.60. The molecule has 2 fully saturated rings. The zero-order valence-corrected chi connectivity index (χ0v) is 23.6. The van der Waals surface area contributed by atoms with Gasteiger partial charge in [0.2, 0.25) is 6.23 Å². The van der Waals surface area contributed by atoms with Crippen molar-refractivity contribution in [3.8, 4) is 0 Å². The number of hydrogen-bond donors (Lipinski definition) is 4. The molecule has 212 valence electrons.